The van der Waals surface area contributed by atoms with Crippen molar-refractivity contribution in [1.29, 1.82) is 0 Å². The van der Waals surface area contributed by atoms with Gasteiger partial charge in [-0.1, -0.05) is 0 Å². The first kappa shape index (κ1) is 10.4. The molecule has 0 saturated carbocycles. The fourth-order valence-electron chi connectivity index (χ4n) is 1.92. The van der Waals surface area contributed by atoms with Gasteiger partial charge in [0.25, 0.3) is 0 Å². The zero-order valence-electron chi connectivity index (χ0n) is 8.62. The van der Waals surface area contributed by atoms with Gasteiger partial charge in [0.05, 0.1) is 18.6 Å². The van der Waals surface area contributed by atoms with Crippen LogP contribution in [-0.4, -0.2) is 37.6 Å². The van der Waals surface area contributed by atoms with Gasteiger partial charge in [-0.3, -0.25) is 9.59 Å². The summed E-state index contributed by atoms with van der Waals surface area (Å²) in [5, 5.41) is 5.66. The number of carbonyl (C=O) groups is 2. The van der Waals surface area contributed by atoms with Gasteiger partial charge in [-0.15, -0.1) is 0 Å². The van der Waals surface area contributed by atoms with E-state index in [1.54, 1.807) is 0 Å². The molecule has 0 bridgehead atoms. The van der Waals surface area contributed by atoms with Crippen molar-refractivity contribution >= 4 is 11.8 Å². The first-order chi connectivity index (χ1) is 7.25. The highest BCUT2D eigenvalue weighted by atomic mass is 16.5. The number of rotatable bonds is 2. The minimum atomic E-state index is -0.0664. The van der Waals surface area contributed by atoms with Crippen LogP contribution in [0.5, 0.6) is 0 Å². The SMILES string of the molecule is O=C1CCC(C(=O)NC2CCOC2)CN1. The van der Waals surface area contributed by atoms with E-state index in [9.17, 15) is 9.59 Å². The molecule has 0 radical (unpaired) electrons. The molecule has 2 aliphatic heterocycles. The summed E-state index contributed by atoms with van der Waals surface area (Å²) in [6.45, 7) is 1.81. The molecule has 2 heterocycles. The highest BCUT2D eigenvalue weighted by Gasteiger charge is 2.27. The maximum Gasteiger partial charge on any atom is 0.225 e. The molecule has 2 rings (SSSR count). The van der Waals surface area contributed by atoms with E-state index < -0.39 is 0 Å². The lowest BCUT2D eigenvalue weighted by Gasteiger charge is -2.23. The van der Waals surface area contributed by atoms with E-state index in [1.165, 1.54) is 0 Å². The Morgan fingerprint density at radius 3 is 2.93 bits per heavy atom. The predicted octanol–water partition coefficient (Wildman–Crippen LogP) is -0.582. The first-order valence-corrected chi connectivity index (χ1v) is 5.40. The number of amides is 2. The molecule has 2 atom stereocenters. The van der Waals surface area contributed by atoms with Gasteiger partial charge in [0.15, 0.2) is 0 Å². The number of ether oxygens (including phenoxy) is 1. The van der Waals surface area contributed by atoms with E-state index in [0.717, 1.165) is 13.0 Å². The molecular formula is C10H16N2O3. The minimum absolute atomic E-state index is 0.0447. The summed E-state index contributed by atoms with van der Waals surface area (Å²) in [6, 6.07) is 0.162. The molecule has 2 saturated heterocycles. The number of hydrogen-bond acceptors (Lipinski definition) is 3. The Labute approximate surface area is 88.5 Å². The van der Waals surface area contributed by atoms with Crippen molar-refractivity contribution in [3.63, 3.8) is 0 Å². The van der Waals surface area contributed by atoms with Crippen LogP contribution in [0.4, 0.5) is 0 Å². The zero-order chi connectivity index (χ0) is 10.7. The van der Waals surface area contributed by atoms with Gasteiger partial charge in [0.2, 0.25) is 11.8 Å². The van der Waals surface area contributed by atoms with Gasteiger partial charge < -0.3 is 15.4 Å². The smallest absolute Gasteiger partial charge is 0.225 e. The van der Waals surface area contributed by atoms with Crippen molar-refractivity contribution in [3.8, 4) is 0 Å². The molecule has 0 spiro atoms. The van der Waals surface area contributed by atoms with E-state index in [-0.39, 0.29) is 23.8 Å². The second kappa shape index (κ2) is 4.61. The highest BCUT2D eigenvalue weighted by molar-refractivity contribution is 5.83. The van der Waals surface area contributed by atoms with Gasteiger partial charge >= 0.3 is 0 Å². The summed E-state index contributed by atoms with van der Waals surface area (Å²) in [5.74, 6) is 0.0250. The number of carbonyl (C=O) groups excluding carboxylic acids is 2. The number of piperidine rings is 1. The number of nitrogens with one attached hydrogen (secondary N) is 2. The normalized spacial score (nSPS) is 31.1. The van der Waals surface area contributed by atoms with E-state index in [2.05, 4.69) is 10.6 Å². The van der Waals surface area contributed by atoms with Gasteiger partial charge in [-0.2, -0.15) is 0 Å². The topological polar surface area (TPSA) is 67.4 Å². The summed E-state index contributed by atoms with van der Waals surface area (Å²) >= 11 is 0. The largest absolute Gasteiger partial charge is 0.379 e. The third-order valence-corrected chi connectivity index (χ3v) is 2.91. The van der Waals surface area contributed by atoms with Crippen molar-refractivity contribution in [1.82, 2.24) is 10.6 Å². The average molecular weight is 212 g/mol. The van der Waals surface area contributed by atoms with Crippen LogP contribution in [0.2, 0.25) is 0 Å². The van der Waals surface area contributed by atoms with E-state index in [4.69, 9.17) is 4.74 Å². The summed E-state index contributed by atoms with van der Waals surface area (Å²) in [4.78, 5) is 22.7. The molecule has 2 fully saturated rings. The Hall–Kier alpha value is -1.10. The third kappa shape index (κ3) is 2.68. The summed E-state index contributed by atoms with van der Waals surface area (Å²) < 4.78 is 5.18. The number of hydrogen-bond donors (Lipinski definition) is 2. The van der Waals surface area contributed by atoms with Gasteiger partial charge in [-0.25, -0.2) is 0 Å². The summed E-state index contributed by atoms with van der Waals surface area (Å²) in [6.07, 6.45) is 2.01. The Kier molecular flexibility index (Phi) is 3.20. The fourth-order valence-corrected chi connectivity index (χ4v) is 1.92. The van der Waals surface area contributed by atoms with Crippen molar-refractivity contribution in [2.75, 3.05) is 19.8 Å². The maximum atomic E-state index is 11.7. The molecule has 0 aromatic rings. The van der Waals surface area contributed by atoms with Crippen LogP contribution in [0, 0.1) is 5.92 Å². The van der Waals surface area contributed by atoms with Crippen LogP contribution in [0.15, 0.2) is 0 Å². The standard InChI is InChI=1S/C10H16N2O3/c13-9-2-1-7(5-11-9)10(14)12-8-3-4-15-6-8/h7-8H,1-6H2,(H,11,13)(H,12,14). The average Bonchev–Trinajstić information content (AvgIpc) is 2.71. The first-order valence-electron chi connectivity index (χ1n) is 5.40. The Balaban J connectivity index is 1.77. The zero-order valence-corrected chi connectivity index (χ0v) is 8.62. The van der Waals surface area contributed by atoms with Gasteiger partial charge in [0, 0.05) is 19.6 Å². The summed E-state index contributed by atoms with van der Waals surface area (Å²) in [5.41, 5.74) is 0. The van der Waals surface area contributed by atoms with E-state index in [0.29, 0.717) is 26.0 Å². The third-order valence-electron chi connectivity index (χ3n) is 2.91. The molecule has 2 aliphatic rings. The van der Waals surface area contributed by atoms with Crippen LogP contribution in [0.3, 0.4) is 0 Å². The molecule has 5 heteroatoms. The predicted molar refractivity (Wildman–Crippen MR) is 53.1 cm³/mol. The minimum Gasteiger partial charge on any atom is -0.379 e. The Bertz CT molecular complexity index is 251. The van der Waals surface area contributed by atoms with Crippen molar-refractivity contribution in [2.45, 2.75) is 25.3 Å². The van der Waals surface area contributed by atoms with Crippen molar-refractivity contribution in [2.24, 2.45) is 5.92 Å². The molecule has 15 heavy (non-hydrogen) atoms. The fraction of sp³-hybridized carbons (Fsp3) is 0.800. The van der Waals surface area contributed by atoms with Crippen LogP contribution >= 0.6 is 0 Å². The maximum absolute atomic E-state index is 11.7. The molecule has 0 aliphatic carbocycles. The van der Waals surface area contributed by atoms with E-state index in [1.807, 2.05) is 0 Å². The quantitative estimate of drug-likeness (QED) is 0.643. The second-order valence-electron chi connectivity index (χ2n) is 4.11. The van der Waals surface area contributed by atoms with Crippen LogP contribution in [0.25, 0.3) is 0 Å². The van der Waals surface area contributed by atoms with Crippen molar-refractivity contribution < 1.29 is 14.3 Å². The lowest BCUT2D eigenvalue weighted by Crippen LogP contribution is -2.46. The monoisotopic (exact) mass is 212 g/mol. The molecule has 2 amide bonds. The Morgan fingerprint density at radius 2 is 2.33 bits per heavy atom. The molecule has 2 unspecified atom stereocenters. The highest BCUT2D eigenvalue weighted by Crippen LogP contribution is 2.12. The lowest BCUT2D eigenvalue weighted by molar-refractivity contribution is -0.129. The second-order valence-corrected chi connectivity index (χ2v) is 4.11. The van der Waals surface area contributed by atoms with Crippen molar-refractivity contribution in [3.05, 3.63) is 0 Å². The van der Waals surface area contributed by atoms with Gasteiger partial charge in [-0.05, 0) is 12.8 Å². The Morgan fingerprint density at radius 1 is 1.47 bits per heavy atom. The molecule has 0 aromatic carbocycles. The van der Waals surface area contributed by atoms with E-state index >= 15 is 0 Å². The summed E-state index contributed by atoms with van der Waals surface area (Å²) in [7, 11) is 0. The molecule has 0 aromatic heterocycles. The van der Waals surface area contributed by atoms with Crippen LogP contribution in [0.1, 0.15) is 19.3 Å². The molecular weight excluding hydrogens is 196 g/mol. The molecule has 5 nitrogen and oxygen atoms in total. The molecule has 84 valence electrons. The molecule has 2 N–H and O–H groups in total. The van der Waals surface area contributed by atoms with Crippen LogP contribution in [-0.2, 0) is 14.3 Å². The lowest BCUT2D eigenvalue weighted by atomic mass is 9.98. The van der Waals surface area contributed by atoms with Crippen LogP contribution < -0.4 is 10.6 Å². The van der Waals surface area contributed by atoms with Gasteiger partial charge in [0.1, 0.15) is 0 Å².